The minimum atomic E-state index is -1.62. The molecular weight excluding hydrogens is 188 g/mol. The Bertz CT molecular complexity index is 333. The van der Waals surface area contributed by atoms with Gasteiger partial charge in [-0.2, -0.15) is 0 Å². The van der Waals surface area contributed by atoms with E-state index in [1.807, 2.05) is 41.3 Å². The van der Waals surface area contributed by atoms with Crippen LogP contribution in [0.5, 0.6) is 0 Å². The van der Waals surface area contributed by atoms with Gasteiger partial charge in [-0.25, -0.2) is 0 Å². The van der Waals surface area contributed by atoms with Gasteiger partial charge in [-0.1, -0.05) is 22.5 Å². The Hall–Kier alpha value is -0.510. The summed E-state index contributed by atoms with van der Waals surface area (Å²) in [5.74, 6) is 0. The summed E-state index contributed by atoms with van der Waals surface area (Å²) in [5.41, 5.74) is 0. The first-order chi connectivity index (χ1) is 5.70. The van der Waals surface area contributed by atoms with Crippen LogP contribution in [-0.4, -0.2) is 10.8 Å². The summed E-state index contributed by atoms with van der Waals surface area (Å²) in [7, 11) is -1.62. The molecule has 1 atom stereocenters. The number of hydrogen-bond acceptors (Lipinski definition) is 2. The van der Waals surface area contributed by atoms with Gasteiger partial charge in [0.15, 0.2) is 0 Å². The Morgan fingerprint density at radius 1 is 1.50 bits per heavy atom. The van der Waals surface area contributed by atoms with E-state index in [-0.39, 0.29) is 0 Å². The fourth-order valence-electron chi connectivity index (χ4n) is 1.20. The molecule has 3 heteroatoms. The molecule has 0 spiro atoms. The van der Waals surface area contributed by atoms with Crippen molar-refractivity contribution in [3.63, 3.8) is 0 Å². The summed E-state index contributed by atoms with van der Waals surface area (Å²) in [6.07, 6.45) is 5.83. The van der Waals surface area contributed by atoms with Crippen LogP contribution < -0.4 is 0 Å². The number of hydrogen-bond donors (Lipinski definition) is 1. The SMILES string of the molecule is CS1(O)C=CC=C1c1cccs1. The maximum Gasteiger partial charge on any atom is 0.0414 e. The molecule has 0 aliphatic carbocycles. The van der Waals surface area contributed by atoms with E-state index >= 15 is 0 Å². The number of thiophene rings is 1. The topological polar surface area (TPSA) is 20.2 Å². The first-order valence-electron chi connectivity index (χ1n) is 3.63. The molecule has 1 aromatic heterocycles. The van der Waals surface area contributed by atoms with Gasteiger partial charge in [0.1, 0.15) is 0 Å². The Kier molecular flexibility index (Phi) is 1.87. The lowest BCUT2D eigenvalue weighted by molar-refractivity contribution is 0.651. The zero-order chi connectivity index (χ0) is 8.60. The van der Waals surface area contributed by atoms with Crippen molar-refractivity contribution in [1.29, 1.82) is 0 Å². The zero-order valence-electron chi connectivity index (χ0n) is 6.73. The standard InChI is InChI=1S/C9H10OS2/c1-12(10)7-3-5-9(12)8-4-2-6-11-8/h2-7,10H,1H3. The summed E-state index contributed by atoms with van der Waals surface area (Å²) in [6.45, 7) is 0. The molecule has 1 nitrogen and oxygen atoms in total. The summed E-state index contributed by atoms with van der Waals surface area (Å²) < 4.78 is 9.96. The van der Waals surface area contributed by atoms with Gasteiger partial charge in [-0.05, 0) is 29.2 Å². The Morgan fingerprint density at radius 3 is 2.83 bits per heavy atom. The van der Waals surface area contributed by atoms with Gasteiger partial charge in [0.2, 0.25) is 0 Å². The molecule has 64 valence electrons. The van der Waals surface area contributed by atoms with Gasteiger partial charge in [0.25, 0.3) is 0 Å². The first kappa shape index (κ1) is 8.10. The molecule has 12 heavy (non-hydrogen) atoms. The molecule has 2 rings (SSSR count). The van der Waals surface area contributed by atoms with Gasteiger partial charge in [-0.3, -0.25) is 0 Å². The molecular formula is C9H10OS2. The second-order valence-electron chi connectivity index (χ2n) is 2.77. The molecule has 1 N–H and O–H groups in total. The average molecular weight is 198 g/mol. The van der Waals surface area contributed by atoms with Crippen molar-refractivity contribution in [1.82, 2.24) is 0 Å². The predicted octanol–water partition coefficient (Wildman–Crippen LogP) is 3.52. The van der Waals surface area contributed by atoms with E-state index in [1.54, 1.807) is 11.3 Å². The maximum absolute atomic E-state index is 9.96. The highest BCUT2D eigenvalue weighted by molar-refractivity contribution is 8.38. The van der Waals surface area contributed by atoms with Crippen molar-refractivity contribution in [2.24, 2.45) is 0 Å². The highest BCUT2D eigenvalue weighted by Crippen LogP contribution is 2.58. The maximum atomic E-state index is 9.96. The van der Waals surface area contributed by atoms with Gasteiger partial charge >= 0.3 is 0 Å². The fourth-order valence-corrected chi connectivity index (χ4v) is 3.85. The van der Waals surface area contributed by atoms with Gasteiger partial charge in [-0.15, -0.1) is 11.3 Å². The second-order valence-corrected chi connectivity index (χ2v) is 6.31. The van der Waals surface area contributed by atoms with Crippen LogP contribution in [0.3, 0.4) is 0 Å². The van der Waals surface area contributed by atoms with Crippen molar-refractivity contribution in [2.75, 3.05) is 6.26 Å². The minimum absolute atomic E-state index is 1.08. The van der Waals surface area contributed by atoms with Crippen molar-refractivity contribution >= 4 is 26.6 Å². The predicted molar refractivity (Wildman–Crippen MR) is 57.6 cm³/mol. The van der Waals surface area contributed by atoms with E-state index in [4.69, 9.17) is 0 Å². The number of rotatable bonds is 1. The van der Waals surface area contributed by atoms with Crippen molar-refractivity contribution in [3.05, 3.63) is 40.0 Å². The molecule has 1 aliphatic rings. The summed E-state index contributed by atoms with van der Waals surface area (Å²) in [4.78, 5) is 2.26. The van der Waals surface area contributed by atoms with Crippen LogP contribution >= 0.6 is 21.6 Å². The average Bonchev–Trinajstić information content (AvgIpc) is 2.55. The smallest absolute Gasteiger partial charge is 0.0414 e. The lowest BCUT2D eigenvalue weighted by Gasteiger charge is -2.23. The second kappa shape index (κ2) is 2.76. The Balaban J connectivity index is 2.40. The summed E-state index contributed by atoms with van der Waals surface area (Å²) in [5, 5.41) is 3.92. The van der Waals surface area contributed by atoms with Crippen molar-refractivity contribution in [3.8, 4) is 0 Å². The Labute approximate surface area is 77.6 Å². The molecule has 0 saturated carbocycles. The number of allylic oxidation sites excluding steroid dienone is 2. The van der Waals surface area contributed by atoms with E-state index in [9.17, 15) is 4.55 Å². The highest BCUT2D eigenvalue weighted by Gasteiger charge is 2.21. The molecule has 2 heterocycles. The van der Waals surface area contributed by atoms with Crippen molar-refractivity contribution in [2.45, 2.75) is 0 Å². The molecule has 0 radical (unpaired) electrons. The van der Waals surface area contributed by atoms with E-state index in [2.05, 4.69) is 0 Å². The third-order valence-corrected chi connectivity index (χ3v) is 4.77. The van der Waals surface area contributed by atoms with Crippen LogP contribution in [0.15, 0.2) is 35.1 Å². The van der Waals surface area contributed by atoms with Crippen LogP contribution in [0.1, 0.15) is 4.88 Å². The van der Waals surface area contributed by atoms with Gasteiger partial charge < -0.3 is 4.55 Å². The van der Waals surface area contributed by atoms with Crippen LogP contribution in [0, 0.1) is 0 Å². The molecule has 1 unspecified atom stereocenters. The van der Waals surface area contributed by atoms with Gasteiger partial charge in [0, 0.05) is 9.78 Å². The zero-order valence-corrected chi connectivity index (χ0v) is 8.36. The molecule has 0 aromatic carbocycles. The molecule has 0 amide bonds. The first-order valence-corrected chi connectivity index (χ1v) is 6.57. The fraction of sp³-hybridized carbons (Fsp3) is 0.111. The van der Waals surface area contributed by atoms with Crippen LogP contribution in [0.4, 0.5) is 0 Å². The highest BCUT2D eigenvalue weighted by atomic mass is 32.3. The largest absolute Gasteiger partial charge is 0.344 e. The van der Waals surface area contributed by atoms with Crippen LogP contribution in [-0.2, 0) is 0 Å². The molecule has 0 fully saturated rings. The summed E-state index contributed by atoms with van der Waals surface area (Å²) >= 11 is 1.68. The quantitative estimate of drug-likeness (QED) is 0.732. The lowest BCUT2D eigenvalue weighted by Crippen LogP contribution is -1.89. The molecule has 0 bridgehead atoms. The van der Waals surface area contributed by atoms with E-state index in [1.165, 1.54) is 4.88 Å². The normalized spacial score (nSPS) is 33.0. The van der Waals surface area contributed by atoms with E-state index in [0.29, 0.717) is 0 Å². The summed E-state index contributed by atoms with van der Waals surface area (Å²) in [6, 6.07) is 4.06. The molecule has 1 aromatic rings. The third-order valence-electron chi connectivity index (χ3n) is 1.80. The third kappa shape index (κ3) is 1.24. The van der Waals surface area contributed by atoms with E-state index in [0.717, 1.165) is 4.91 Å². The molecule has 0 saturated heterocycles. The molecule has 1 aliphatic heterocycles. The Morgan fingerprint density at radius 2 is 2.33 bits per heavy atom. The minimum Gasteiger partial charge on any atom is -0.344 e. The lowest BCUT2D eigenvalue weighted by atomic mass is 10.4. The van der Waals surface area contributed by atoms with Crippen LogP contribution in [0.25, 0.3) is 4.91 Å². The van der Waals surface area contributed by atoms with E-state index < -0.39 is 10.3 Å². The van der Waals surface area contributed by atoms with Crippen molar-refractivity contribution < 1.29 is 4.55 Å². The van der Waals surface area contributed by atoms with Crippen LogP contribution in [0.2, 0.25) is 0 Å². The monoisotopic (exact) mass is 198 g/mol. The van der Waals surface area contributed by atoms with Gasteiger partial charge in [0.05, 0.1) is 0 Å².